The summed E-state index contributed by atoms with van der Waals surface area (Å²) in [5.74, 6) is -1.84. The molecule has 1 rings (SSSR count). The topological polar surface area (TPSA) is 66.5 Å². The zero-order valence-corrected chi connectivity index (χ0v) is 15.0. The van der Waals surface area contributed by atoms with E-state index in [0.717, 1.165) is 29.1 Å². The first kappa shape index (κ1) is 20.3. The largest absolute Gasteiger partial charge is 0.356 e. The molecule has 0 unspecified atom stereocenters. The van der Waals surface area contributed by atoms with Crippen LogP contribution in [-0.2, 0) is 14.8 Å². The van der Waals surface area contributed by atoms with Crippen molar-refractivity contribution in [2.45, 2.75) is 33.1 Å². The second-order valence-electron chi connectivity index (χ2n) is 6.07. The molecule has 0 aliphatic rings. The van der Waals surface area contributed by atoms with E-state index in [0.29, 0.717) is 12.5 Å². The molecule has 0 bridgehead atoms. The molecule has 0 radical (unpaired) electrons. The molecule has 5 nitrogen and oxygen atoms in total. The summed E-state index contributed by atoms with van der Waals surface area (Å²) < 4.78 is 51.0. The van der Waals surface area contributed by atoms with Crippen molar-refractivity contribution >= 4 is 21.6 Å². The number of halogens is 2. The van der Waals surface area contributed by atoms with E-state index in [1.165, 1.54) is 6.07 Å². The van der Waals surface area contributed by atoms with Gasteiger partial charge in [-0.2, -0.15) is 0 Å². The van der Waals surface area contributed by atoms with Gasteiger partial charge >= 0.3 is 0 Å². The fourth-order valence-corrected chi connectivity index (χ4v) is 3.06. The number of anilines is 1. The Bertz CT molecular complexity index is 663. The smallest absolute Gasteiger partial charge is 0.232 e. The van der Waals surface area contributed by atoms with Crippen molar-refractivity contribution < 1.29 is 22.0 Å². The Kier molecular flexibility index (Phi) is 7.59. The monoisotopic (exact) mass is 362 g/mol. The molecule has 1 N–H and O–H groups in total. The summed E-state index contributed by atoms with van der Waals surface area (Å²) >= 11 is 0. The second kappa shape index (κ2) is 8.96. The van der Waals surface area contributed by atoms with E-state index < -0.39 is 21.7 Å². The maximum Gasteiger partial charge on any atom is 0.232 e. The number of nitrogens with one attached hydrogen (secondary N) is 1. The van der Waals surface area contributed by atoms with E-state index in [9.17, 15) is 22.0 Å². The molecule has 0 spiro atoms. The van der Waals surface area contributed by atoms with Crippen LogP contribution in [0.1, 0.15) is 33.1 Å². The number of nitrogens with zero attached hydrogens (tertiary/aromatic N) is 1. The highest BCUT2D eigenvalue weighted by molar-refractivity contribution is 7.92. The minimum absolute atomic E-state index is 0.0154. The van der Waals surface area contributed by atoms with Crippen molar-refractivity contribution in [3.8, 4) is 0 Å². The fraction of sp³-hybridized carbons (Fsp3) is 0.562. The van der Waals surface area contributed by atoms with Gasteiger partial charge in [-0.15, -0.1) is 0 Å². The predicted octanol–water partition coefficient (Wildman–Crippen LogP) is 2.67. The molecule has 0 fully saturated rings. The van der Waals surface area contributed by atoms with Gasteiger partial charge in [-0.25, -0.2) is 17.2 Å². The van der Waals surface area contributed by atoms with E-state index in [4.69, 9.17) is 0 Å². The maximum absolute atomic E-state index is 13.3. The normalized spacial score (nSPS) is 11.6. The standard InChI is InChI=1S/C16H24F2N2O3S/c1-12(2)8-9-19-16(21)5-4-10-20(24(3,22)23)13-6-7-14(17)15(18)11-13/h6-7,11-12H,4-5,8-10H2,1-3H3,(H,19,21). The van der Waals surface area contributed by atoms with Crippen molar-refractivity contribution in [2.24, 2.45) is 5.92 Å². The number of carbonyl (C=O) groups is 1. The third-order valence-corrected chi connectivity index (χ3v) is 4.59. The van der Waals surface area contributed by atoms with Gasteiger partial charge in [-0.3, -0.25) is 9.10 Å². The van der Waals surface area contributed by atoms with Crippen LogP contribution in [-0.4, -0.2) is 33.7 Å². The predicted molar refractivity (Wildman–Crippen MR) is 90.2 cm³/mol. The Balaban J connectivity index is 2.62. The Morgan fingerprint density at radius 2 is 1.92 bits per heavy atom. The number of benzene rings is 1. The molecule has 0 saturated heterocycles. The minimum Gasteiger partial charge on any atom is -0.356 e. The number of hydrogen-bond acceptors (Lipinski definition) is 3. The van der Waals surface area contributed by atoms with Crippen molar-refractivity contribution in [3.63, 3.8) is 0 Å². The van der Waals surface area contributed by atoms with Crippen molar-refractivity contribution in [1.82, 2.24) is 5.32 Å². The van der Waals surface area contributed by atoms with Crippen molar-refractivity contribution in [3.05, 3.63) is 29.8 Å². The van der Waals surface area contributed by atoms with Gasteiger partial charge in [0.15, 0.2) is 11.6 Å². The first-order chi connectivity index (χ1) is 11.1. The highest BCUT2D eigenvalue weighted by atomic mass is 32.2. The summed E-state index contributed by atoms with van der Waals surface area (Å²) in [7, 11) is -3.66. The molecule has 0 aliphatic heterocycles. The molecule has 1 amide bonds. The van der Waals surface area contributed by atoms with Crippen LogP contribution < -0.4 is 9.62 Å². The molecule has 8 heteroatoms. The molecular formula is C16H24F2N2O3S. The van der Waals surface area contributed by atoms with Gasteiger partial charge in [0.1, 0.15) is 0 Å². The minimum atomic E-state index is -3.66. The summed E-state index contributed by atoms with van der Waals surface area (Å²) in [4.78, 5) is 11.7. The summed E-state index contributed by atoms with van der Waals surface area (Å²) in [5.41, 5.74) is 0.0385. The van der Waals surface area contributed by atoms with E-state index >= 15 is 0 Å². The Labute approximate surface area is 142 Å². The average Bonchev–Trinajstić information content (AvgIpc) is 2.45. The number of sulfonamides is 1. The van der Waals surface area contributed by atoms with Crippen LogP contribution in [0, 0.1) is 17.6 Å². The highest BCUT2D eigenvalue weighted by Crippen LogP contribution is 2.21. The number of hydrogen-bond donors (Lipinski definition) is 1. The first-order valence-corrected chi connectivity index (χ1v) is 9.65. The quantitative estimate of drug-likeness (QED) is 0.734. The third kappa shape index (κ3) is 6.82. The Morgan fingerprint density at radius 3 is 2.46 bits per heavy atom. The number of carbonyl (C=O) groups excluding carboxylic acids is 1. The van der Waals surface area contributed by atoms with Crippen LogP contribution in [0.15, 0.2) is 18.2 Å². The Hall–Kier alpha value is -1.70. The van der Waals surface area contributed by atoms with Crippen LogP contribution in [0.2, 0.25) is 0 Å². The molecular weight excluding hydrogens is 338 g/mol. The van der Waals surface area contributed by atoms with Crippen molar-refractivity contribution in [2.75, 3.05) is 23.7 Å². The molecule has 1 aromatic carbocycles. The van der Waals surface area contributed by atoms with Crippen molar-refractivity contribution in [1.29, 1.82) is 0 Å². The maximum atomic E-state index is 13.3. The van der Waals surface area contributed by atoms with Gasteiger partial charge in [-0.1, -0.05) is 13.8 Å². The van der Waals surface area contributed by atoms with Crippen LogP contribution in [0.5, 0.6) is 0 Å². The van der Waals surface area contributed by atoms with E-state index in [2.05, 4.69) is 19.2 Å². The van der Waals surface area contributed by atoms with E-state index in [-0.39, 0.29) is 31.0 Å². The summed E-state index contributed by atoms with van der Waals surface area (Å²) in [6.07, 6.45) is 2.29. The first-order valence-electron chi connectivity index (χ1n) is 7.80. The summed E-state index contributed by atoms with van der Waals surface area (Å²) in [6.45, 7) is 4.70. The lowest BCUT2D eigenvalue weighted by molar-refractivity contribution is -0.121. The average molecular weight is 362 g/mol. The van der Waals surface area contributed by atoms with Crippen LogP contribution >= 0.6 is 0 Å². The van der Waals surface area contributed by atoms with Gasteiger partial charge in [-0.05, 0) is 30.9 Å². The summed E-state index contributed by atoms with van der Waals surface area (Å²) in [6, 6.07) is 2.91. The lowest BCUT2D eigenvalue weighted by Crippen LogP contribution is -2.32. The lowest BCUT2D eigenvalue weighted by atomic mass is 10.1. The molecule has 0 saturated carbocycles. The van der Waals surface area contributed by atoms with Gasteiger partial charge in [0.25, 0.3) is 0 Å². The van der Waals surface area contributed by atoms with Crippen LogP contribution in [0.4, 0.5) is 14.5 Å². The van der Waals surface area contributed by atoms with Gasteiger partial charge in [0.2, 0.25) is 15.9 Å². The zero-order valence-electron chi connectivity index (χ0n) is 14.2. The molecule has 0 atom stereocenters. The second-order valence-corrected chi connectivity index (χ2v) is 7.98. The fourth-order valence-electron chi connectivity index (χ4n) is 2.10. The highest BCUT2D eigenvalue weighted by Gasteiger charge is 2.19. The molecule has 136 valence electrons. The molecule has 1 aromatic rings. The number of amides is 1. The van der Waals surface area contributed by atoms with Crippen LogP contribution in [0.3, 0.4) is 0 Å². The number of rotatable bonds is 9. The molecule has 0 heterocycles. The van der Waals surface area contributed by atoms with Gasteiger partial charge in [0.05, 0.1) is 11.9 Å². The molecule has 0 aromatic heterocycles. The molecule has 0 aliphatic carbocycles. The molecule has 24 heavy (non-hydrogen) atoms. The summed E-state index contributed by atoms with van der Waals surface area (Å²) in [5, 5.41) is 2.77. The third-order valence-electron chi connectivity index (χ3n) is 3.40. The van der Waals surface area contributed by atoms with Gasteiger partial charge in [0, 0.05) is 25.6 Å². The lowest BCUT2D eigenvalue weighted by Gasteiger charge is -2.22. The van der Waals surface area contributed by atoms with Crippen LogP contribution in [0.25, 0.3) is 0 Å². The SMILES string of the molecule is CC(C)CCNC(=O)CCCN(c1ccc(F)c(F)c1)S(C)(=O)=O. The van der Waals surface area contributed by atoms with Gasteiger partial charge < -0.3 is 5.32 Å². The zero-order chi connectivity index (χ0) is 18.3. The van der Waals surface area contributed by atoms with E-state index in [1.807, 2.05) is 0 Å². The Morgan fingerprint density at radius 1 is 1.25 bits per heavy atom. The van der Waals surface area contributed by atoms with E-state index in [1.54, 1.807) is 0 Å².